The Kier molecular flexibility index (Phi) is 4.19. The summed E-state index contributed by atoms with van der Waals surface area (Å²) in [5, 5.41) is 0. The Morgan fingerprint density at radius 3 is 2.12 bits per heavy atom. The maximum Gasteiger partial charge on any atom is 0.0173 e. The molecule has 0 amide bonds. The van der Waals surface area contributed by atoms with Crippen molar-refractivity contribution < 1.29 is 0 Å². The van der Waals surface area contributed by atoms with E-state index in [4.69, 9.17) is 0 Å². The van der Waals surface area contributed by atoms with Crippen LogP contribution in [0.15, 0.2) is 24.3 Å². The van der Waals surface area contributed by atoms with Gasteiger partial charge in [0.15, 0.2) is 0 Å². The molecule has 0 heterocycles. The smallest absolute Gasteiger partial charge is 0.0173 e. The van der Waals surface area contributed by atoms with Gasteiger partial charge in [0.2, 0.25) is 0 Å². The molecule has 94 valence electrons. The lowest BCUT2D eigenvalue weighted by Crippen LogP contribution is -2.34. The zero-order valence-corrected chi connectivity index (χ0v) is 11.3. The highest BCUT2D eigenvalue weighted by molar-refractivity contribution is 5.33. The molecule has 1 aliphatic carbocycles. The first-order valence-corrected chi connectivity index (χ1v) is 6.58. The molecule has 0 spiro atoms. The second kappa shape index (κ2) is 5.65. The molecule has 0 unspecified atom stereocenters. The summed E-state index contributed by atoms with van der Waals surface area (Å²) in [6, 6.07) is 9.60. The van der Waals surface area contributed by atoms with Crippen LogP contribution in [-0.2, 0) is 12.8 Å². The summed E-state index contributed by atoms with van der Waals surface area (Å²) in [7, 11) is 6.56. The Morgan fingerprint density at radius 2 is 1.59 bits per heavy atom. The molecule has 0 radical (unpaired) electrons. The van der Waals surface area contributed by atoms with Crippen LogP contribution in [0, 0.1) is 0 Å². The Labute approximate surface area is 105 Å². The predicted octanol–water partition coefficient (Wildman–Crippen LogP) is 2.04. The molecule has 0 aromatic heterocycles. The molecule has 0 N–H and O–H groups in total. The first kappa shape index (κ1) is 12.6. The molecule has 2 rings (SSSR count). The normalized spacial score (nSPS) is 15.8. The molecule has 2 heteroatoms. The van der Waals surface area contributed by atoms with Crippen LogP contribution < -0.4 is 0 Å². The third-order valence-corrected chi connectivity index (χ3v) is 3.77. The molecule has 0 bridgehead atoms. The summed E-state index contributed by atoms with van der Waals surface area (Å²) in [6.07, 6.45) is 3.72. The summed E-state index contributed by atoms with van der Waals surface area (Å²) in [5.74, 6) is 0. The fourth-order valence-electron chi connectivity index (χ4n) is 2.67. The number of rotatable bonds is 5. The molecular formula is C15H24N2. The van der Waals surface area contributed by atoms with Gasteiger partial charge in [0.25, 0.3) is 0 Å². The lowest BCUT2D eigenvalue weighted by molar-refractivity contribution is 0.234. The highest BCUT2D eigenvalue weighted by Crippen LogP contribution is 2.24. The SMILES string of the molecule is CN(C)CCCN(C)C1Cc2ccccc2C1. The number of nitrogens with zero attached hydrogens (tertiary/aromatic N) is 2. The van der Waals surface area contributed by atoms with Gasteiger partial charge < -0.3 is 9.80 Å². The van der Waals surface area contributed by atoms with Gasteiger partial charge in [-0.1, -0.05) is 24.3 Å². The summed E-state index contributed by atoms with van der Waals surface area (Å²) < 4.78 is 0. The van der Waals surface area contributed by atoms with Crippen molar-refractivity contribution >= 4 is 0 Å². The minimum atomic E-state index is 0.717. The van der Waals surface area contributed by atoms with Crippen molar-refractivity contribution in [2.45, 2.75) is 25.3 Å². The van der Waals surface area contributed by atoms with Crippen LogP contribution in [0.25, 0.3) is 0 Å². The van der Waals surface area contributed by atoms with Gasteiger partial charge >= 0.3 is 0 Å². The van der Waals surface area contributed by atoms with Crippen LogP contribution in [0.4, 0.5) is 0 Å². The molecule has 0 saturated heterocycles. The topological polar surface area (TPSA) is 6.48 Å². The van der Waals surface area contributed by atoms with E-state index in [2.05, 4.69) is 55.2 Å². The molecule has 1 aromatic rings. The van der Waals surface area contributed by atoms with E-state index in [0.29, 0.717) is 0 Å². The zero-order chi connectivity index (χ0) is 12.3. The van der Waals surface area contributed by atoms with Gasteiger partial charge in [0.1, 0.15) is 0 Å². The second-order valence-corrected chi connectivity index (χ2v) is 5.47. The third kappa shape index (κ3) is 3.30. The van der Waals surface area contributed by atoms with Gasteiger partial charge in [-0.15, -0.1) is 0 Å². The third-order valence-electron chi connectivity index (χ3n) is 3.77. The average Bonchev–Trinajstić information content (AvgIpc) is 2.71. The molecular weight excluding hydrogens is 208 g/mol. The van der Waals surface area contributed by atoms with Crippen molar-refractivity contribution in [2.24, 2.45) is 0 Å². The standard InChI is InChI=1S/C15H24N2/c1-16(2)9-6-10-17(3)15-11-13-7-4-5-8-14(13)12-15/h4-5,7-8,15H,6,9-12H2,1-3H3. The average molecular weight is 232 g/mol. The largest absolute Gasteiger partial charge is 0.309 e. The maximum atomic E-state index is 2.53. The maximum absolute atomic E-state index is 2.53. The van der Waals surface area contributed by atoms with E-state index in [1.54, 1.807) is 11.1 Å². The van der Waals surface area contributed by atoms with Crippen LogP contribution in [0.3, 0.4) is 0 Å². The van der Waals surface area contributed by atoms with Crippen molar-refractivity contribution in [1.82, 2.24) is 9.80 Å². The van der Waals surface area contributed by atoms with E-state index < -0.39 is 0 Å². The summed E-state index contributed by atoms with van der Waals surface area (Å²) in [5.41, 5.74) is 3.11. The summed E-state index contributed by atoms with van der Waals surface area (Å²) in [4.78, 5) is 4.79. The molecule has 1 aromatic carbocycles. The van der Waals surface area contributed by atoms with E-state index >= 15 is 0 Å². The molecule has 0 saturated carbocycles. The minimum absolute atomic E-state index is 0.717. The minimum Gasteiger partial charge on any atom is -0.309 e. The molecule has 0 aliphatic heterocycles. The van der Waals surface area contributed by atoms with Crippen LogP contribution >= 0.6 is 0 Å². The fourth-order valence-corrected chi connectivity index (χ4v) is 2.67. The number of hydrogen-bond donors (Lipinski definition) is 0. The molecule has 0 atom stereocenters. The highest BCUT2D eigenvalue weighted by atomic mass is 15.1. The number of hydrogen-bond acceptors (Lipinski definition) is 2. The first-order valence-electron chi connectivity index (χ1n) is 6.58. The quantitative estimate of drug-likeness (QED) is 0.766. The van der Waals surface area contributed by atoms with Crippen molar-refractivity contribution in [3.63, 3.8) is 0 Å². The Hall–Kier alpha value is -0.860. The molecule has 0 fully saturated rings. The van der Waals surface area contributed by atoms with Crippen molar-refractivity contribution in [2.75, 3.05) is 34.2 Å². The molecule has 17 heavy (non-hydrogen) atoms. The molecule has 1 aliphatic rings. The van der Waals surface area contributed by atoms with Crippen molar-refractivity contribution in [3.8, 4) is 0 Å². The van der Waals surface area contributed by atoms with Crippen molar-refractivity contribution in [3.05, 3.63) is 35.4 Å². The van der Waals surface area contributed by atoms with Gasteiger partial charge in [0, 0.05) is 6.04 Å². The number of likely N-dealkylation sites (N-methyl/N-ethyl adjacent to an activating group) is 1. The van der Waals surface area contributed by atoms with E-state index in [1.807, 2.05) is 0 Å². The number of benzene rings is 1. The summed E-state index contributed by atoms with van der Waals surface area (Å²) >= 11 is 0. The lowest BCUT2D eigenvalue weighted by atomic mass is 10.1. The van der Waals surface area contributed by atoms with Gasteiger partial charge in [-0.2, -0.15) is 0 Å². The van der Waals surface area contributed by atoms with Crippen LogP contribution in [0.2, 0.25) is 0 Å². The van der Waals surface area contributed by atoms with Crippen molar-refractivity contribution in [1.29, 1.82) is 0 Å². The van der Waals surface area contributed by atoms with Gasteiger partial charge in [0.05, 0.1) is 0 Å². The van der Waals surface area contributed by atoms with E-state index in [1.165, 1.54) is 32.4 Å². The summed E-state index contributed by atoms with van der Waals surface area (Å²) in [6.45, 7) is 2.39. The predicted molar refractivity (Wildman–Crippen MR) is 73.4 cm³/mol. The Balaban J connectivity index is 1.81. The Bertz CT molecular complexity index is 335. The highest BCUT2D eigenvalue weighted by Gasteiger charge is 2.23. The van der Waals surface area contributed by atoms with Gasteiger partial charge in [-0.3, -0.25) is 0 Å². The first-order chi connectivity index (χ1) is 8.16. The van der Waals surface area contributed by atoms with Gasteiger partial charge in [-0.25, -0.2) is 0 Å². The molecule has 2 nitrogen and oxygen atoms in total. The lowest BCUT2D eigenvalue weighted by Gasteiger charge is -2.24. The van der Waals surface area contributed by atoms with E-state index in [0.717, 1.165) is 6.04 Å². The van der Waals surface area contributed by atoms with E-state index in [-0.39, 0.29) is 0 Å². The zero-order valence-electron chi connectivity index (χ0n) is 11.3. The van der Waals surface area contributed by atoms with Gasteiger partial charge in [-0.05, 0) is 64.6 Å². The fraction of sp³-hybridized carbons (Fsp3) is 0.600. The number of fused-ring (bicyclic) bond motifs is 1. The monoisotopic (exact) mass is 232 g/mol. The Morgan fingerprint density at radius 1 is 1.00 bits per heavy atom. The second-order valence-electron chi connectivity index (χ2n) is 5.47. The van der Waals surface area contributed by atoms with Crippen LogP contribution in [0.5, 0.6) is 0 Å². The van der Waals surface area contributed by atoms with E-state index in [9.17, 15) is 0 Å². The van der Waals surface area contributed by atoms with Crippen LogP contribution in [0.1, 0.15) is 17.5 Å². The van der Waals surface area contributed by atoms with Crippen LogP contribution in [-0.4, -0.2) is 50.1 Å².